The molecule has 32 heavy (non-hydrogen) atoms. The molecule has 7 heteroatoms. The highest BCUT2D eigenvalue weighted by atomic mass is 32.2. The fraction of sp³-hybridized carbons (Fsp3) is 0.280. The summed E-state index contributed by atoms with van der Waals surface area (Å²) >= 11 is 3.26. The molecule has 0 saturated heterocycles. The summed E-state index contributed by atoms with van der Waals surface area (Å²) in [4.78, 5) is 22.0. The van der Waals surface area contributed by atoms with Crippen LogP contribution in [0.2, 0.25) is 0 Å². The lowest BCUT2D eigenvalue weighted by Crippen LogP contribution is -2.32. The number of hydrogen-bond donors (Lipinski definition) is 0. The molecule has 1 aliphatic heterocycles. The standard InChI is InChI=1S/C25H24N2O3S2/c1-25(2)13-19-20(14-30-25)32-23-22(19)24(28)27(16-9-11-17(29-3)12-10-16)21(26-23)15-31-18-7-5-4-6-8-18/h4-12H,13-15H2,1-3H3. The van der Waals surface area contributed by atoms with E-state index in [0.29, 0.717) is 18.8 Å². The van der Waals surface area contributed by atoms with Gasteiger partial charge in [0.15, 0.2) is 0 Å². The highest BCUT2D eigenvalue weighted by Gasteiger charge is 2.31. The van der Waals surface area contributed by atoms with Crippen molar-refractivity contribution in [1.29, 1.82) is 0 Å². The van der Waals surface area contributed by atoms with Crippen molar-refractivity contribution in [2.75, 3.05) is 7.11 Å². The van der Waals surface area contributed by atoms with Crippen LogP contribution >= 0.6 is 23.1 Å². The molecule has 2 aromatic heterocycles. The number of aromatic nitrogens is 2. The molecule has 0 bridgehead atoms. The zero-order chi connectivity index (χ0) is 22.3. The molecule has 0 fully saturated rings. The summed E-state index contributed by atoms with van der Waals surface area (Å²) in [5.41, 5.74) is 1.57. The SMILES string of the molecule is COc1ccc(-n2c(CSc3ccccc3)nc3sc4c(c3c2=O)CC(C)(C)OC4)cc1. The third kappa shape index (κ3) is 3.96. The molecule has 0 amide bonds. The molecule has 0 spiro atoms. The molecule has 2 aromatic carbocycles. The van der Waals surface area contributed by atoms with E-state index in [1.807, 2.05) is 42.5 Å². The van der Waals surface area contributed by atoms with Crippen LogP contribution in [-0.2, 0) is 23.5 Å². The quantitative estimate of drug-likeness (QED) is 0.360. The number of nitrogens with zero attached hydrogens (tertiary/aromatic N) is 2. The Bertz CT molecular complexity index is 1330. The van der Waals surface area contributed by atoms with E-state index >= 15 is 0 Å². The van der Waals surface area contributed by atoms with Crippen molar-refractivity contribution in [2.45, 2.75) is 43.1 Å². The second-order valence-corrected chi connectivity index (χ2v) is 10.5. The van der Waals surface area contributed by atoms with E-state index < -0.39 is 0 Å². The number of ether oxygens (including phenoxy) is 2. The van der Waals surface area contributed by atoms with Crippen molar-refractivity contribution >= 4 is 33.3 Å². The van der Waals surface area contributed by atoms with E-state index in [4.69, 9.17) is 14.5 Å². The van der Waals surface area contributed by atoms with Gasteiger partial charge >= 0.3 is 0 Å². The molecule has 0 atom stereocenters. The molecular weight excluding hydrogens is 440 g/mol. The van der Waals surface area contributed by atoms with E-state index in [1.165, 1.54) is 0 Å². The first kappa shape index (κ1) is 21.2. The second-order valence-electron chi connectivity index (χ2n) is 8.38. The third-order valence-electron chi connectivity index (χ3n) is 5.62. The van der Waals surface area contributed by atoms with Crippen molar-refractivity contribution < 1.29 is 9.47 Å². The minimum atomic E-state index is -0.291. The summed E-state index contributed by atoms with van der Waals surface area (Å²) in [7, 11) is 1.64. The number of benzene rings is 2. The molecule has 0 aliphatic carbocycles. The summed E-state index contributed by atoms with van der Waals surface area (Å²) in [5.74, 6) is 2.08. The lowest BCUT2D eigenvalue weighted by Gasteiger charge is -2.30. The minimum absolute atomic E-state index is 0.0148. The molecule has 0 saturated carbocycles. The Kier molecular flexibility index (Phi) is 5.57. The molecule has 0 unspecified atom stereocenters. The molecule has 5 nitrogen and oxygen atoms in total. The van der Waals surface area contributed by atoms with Crippen molar-refractivity contribution in [3.8, 4) is 11.4 Å². The van der Waals surface area contributed by atoms with Gasteiger partial charge in [-0.2, -0.15) is 0 Å². The number of rotatable bonds is 5. The highest BCUT2D eigenvalue weighted by molar-refractivity contribution is 7.98. The van der Waals surface area contributed by atoms with Crippen LogP contribution in [-0.4, -0.2) is 22.3 Å². The van der Waals surface area contributed by atoms with Gasteiger partial charge in [-0.15, -0.1) is 23.1 Å². The summed E-state index contributed by atoms with van der Waals surface area (Å²) in [6.07, 6.45) is 0.708. The molecule has 3 heterocycles. The van der Waals surface area contributed by atoms with E-state index in [0.717, 1.165) is 42.8 Å². The summed E-state index contributed by atoms with van der Waals surface area (Å²) < 4.78 is 13.1. The van der Waals surface area contributed by atoms with Gasteiger partial charge in [0, 0.05) is 16.2 Å². The zero-order valence-electron chi connectivity index (χ0n) is 18.3. The monoisotopic (exact) mass is 464 g/mol. The van der Waals surface area contributed by atoms with Crippen LogP contribution in [0.3, 0.4) is 0 Å². The van der Waals surface area contributed by atoms with Gasteiger partial charge < -0.3 is 9.47 Å². The van der Waals surface area contributed by atoms with Crippen molar-refractivity contribution in [1.82, 2.24) is 9.55 Å². The lowest BCUT2D eigenvalue weighted by atomic mass is 9.94. The van der Waals surface area contributed by atoms with E-state index in [9.17, 15) is 4.79 Å². The fourth-order valence-corrected chi connectivity index (χ4v) is 5.94. The molecule has 5 rings (SSSR count). The Morgan fingerprint density at radius 2 is 1.91 bits per heavy atom. The fourth-order valence-electron chi connectivity index (χ4n) is 3.99. The van der Waals surface area contributed by atoms with Gasteiger partial charge in [0.1, 0.15) is 16.4 Å². The Labute approximate surface area is 195 Å². The van der Waals surface area contributed by atoms with Crippen LogP contribution in [0.5, 0.6) is 5.75 Å². The average Bonchev–Trinajstić information content (AvgIpc) is 3.15. The predicted molar refractivity (Wildman–Crippen MR) is 130 cm³/mol. The van der Waals surface area contributed by atoms with E-state index in [2.05, 4.69) is 26.0 Å². The predicted octanol–water partition coefficient (Wildman–Crippen LogP) is 5.60. The smallest absolute Gasteiger partial charge is 0.267 e. The van der Waals surface area contributed by atoms with E-state index in [-0.39, 0.29) is 11.2 Å². The maximum Gasteiger partial charge on any atom is 0.267 e. The largest absolute Gasteiger partial charge is 0.497 e. The van der Waals surface area contributed by atoms with Crippen LogP contribution in [0.1, 0.15) is 30.1 Å². The maximum absolute atomic E-state index is 13.9. The molecule has 1 aliphatic rings. The maximum atomic E-state index is 13.9. The van der Waals surface area contributed by atoms with Gasteiger partial charge in [0.25, 0.3) is 5.56 Å². The summed E-state index contributed by atoms with van der Waals surface area (Å²) in [6, 6.07) is 17.8. The Morgan fingerprint density at radius 3 is 2.62 bits per heavy atom. The Morgan fingerprint density at radius 1 is 1.16 bits per heavy atom. The van der Waals surface area contributed by atoms with Gasteiger partial charge in [-0.1, -0.05) is 18.2 Å². The van der Waals surface area contributed by atoms with Gasteiger partial charge in [-0.25, -0.2) is 4.98 Å². The lowest BCUT2D eigenvalue weighted by molar-refractivity contribution is -0.0379. The van der Waals surface area contributed by atoms with E-state index in [1.54, 1.807) is 34.8 Å². The minimum Gasteiger partial charge on any atom is -0.497 e. The van der Waals surface area contributed by atoms with Crippen molar-refractivity contribution in [3.63, 3.8) is 0 Å². The third-order valence-corrected chi connectivity index (χ3v) is 7.72. The second kappa shape index (κ2) is 8.39. The number of hydrogen-bond acceptors (Lipinski definition) is 6. The average molecular weight is 465 g/mol. The first-order chi connectivity index (χ1) is 15.4. The van der Waals surface area contributed by atoms with Gasteiger partial charge in [0.2, 0.25) is 0 Å². The van der Waals surface area contributed by atoms with Crippen molar-refractivity contribution in [3.05, 3.63) is 81.2 Å². The molecule has 0 radical (unpaired) electrons. The van der Waals surface area contributed by atoms with Crippen LogP contribution in [0.15, 0.2) is 64.3 Å². The van der Waals surface area contributed by atoms with Crippen LogP contribution in [0.25, 0.3) is 15.9 Å². The highest BCUT2D eigenvalue weighted by Crippen LogP contribution is 2.37. The molecule has 0 N–H and O–H groups in total. The van der Waals surface area contributed by atoms with Gasteiger partial charge in [0.05, 0.1) is 36.1 Å². The topological polar surface area (TPSA) is 53.4 Å². The summed E-state index contributed by atoms with van der Waals surface area (Å²) in [5, 5.41) is 0.727. The van der Waals surface area contributed by atoms with Gasteiger partial charge in [-0.3, -0.25) is 9.36 Å². The van der Waals surface area contributed by atoms with Crippen LogP contribution in [0.4, 0.5) is 0 Å². The number of fused-ring (bicyclic) bond motifs is 3. The van der Waals surface area contributed by atoms with Crippen molar-refractivity contribution in [2.24, 2.45) is 0 Å². The van der Waals surface area contributed by atoms with Gasteiger partial charge in [-0.05, 0) is 55.8 Å². The molecular formula is C25H24N2O3S2. The number of thiophene rings is 1. The number of thioether (sulfide) groups is 1. The Hall–Kier alpha value is -2.61. The molecule has 164 valence electrons. The Balaban J connectivity index is 1.67. The number of methoxy groups -OCH3 is 1. The van der Waals surface area contributed by atoms with Crippen LogP contribution in [0, 0.1) is 0 Å². The molecule has 4 aromatic rings. The first-order valence-electron chi connectivity index (χ1n) is 10.5. The first-order valence-corrected chi connectivity index (χ1v) is 12.3. The van der Waals surface area contributed by atoms with Crippen LogP contribution < -0.4 is 10.3 Å². The zero-order valence-corrected chi connectivity index (χ0v) is 19.9. The summed E-state index contributed by atoms with van der Waals surface area (Å²) in [6.45, 7) is 4.67. The normalized spacial score (nSPS) is 15.0.